The maximum Gasteiger partial charge on any atom is 0.306 e. The Morgan fingerprint density at radius 3 is 0.813 bits per heavy atom. The van der Waals surface area contributed by atoms with Gasteiger partial charge in [-0.1, -0.05) is 305 Å². The van der Waals surface area contributed by atoms with Crippen molar-refractivity contribution in [2.24, 2.45) is 0 Å². The molecule has 0 spiro atoms. The van der Waals surface area contributed by atoms with E-state index in [0.717, 1.165) is 109 Å². The molecule has 1 atom stereocenters. The summed E-state index contributed by atoms with van der Waals surface area (Å²) < 4.78 is 16.9. The van der Waals surface area contributed by atoms with Gasteiger partial charge < -0.3 is 14.2 Å². The first-order valence-corrected chi connectivity index (χ1v) is 32.1. The molecule has 0 aliphatic heterocycles. The molecule has 0 aliphatic rings. The van der Waals surface area contributed by atoms with Crippen molar-refractivity contribution in [2.45, 2.75) is 322 Å². The quantitative estimate of drug-likeness (QED) is 0.0261. The highest BCUT2D eigenvalue weighted by molar-refractivity contribution is 5.71. The fourth-order valence-electron chi connectivity index (χ4n) is 9.13. The lowest BCUT2D eigenvalue weighted by atomic mass is 10.0. The molecule has 0 fully saturated rings. The van der Waals surface area contributed by atoms with Gasteiger partial charge in [0.1, 0.15) is 13.2 Å². The highest BCUT2D eigenvalue weighted by Crippen LogP contribution is 2.17. The lowest BCUT2D eigenvalue weighted by Gasteiger charge is -2.18. The number of carbonyl (C=O) groups excluding carboxylic acids is 3. The number of allylic oxidation sites excluding steroid dienone is 14. The maximum atomic E-state index is 12.9. The van der Waals surface area contributed by atoms with Gasteiger partial charge in [0.05, 0.1) is 0 Å². The van der Waals surface area contributed by atoms with Crippen molar-refractivity contribution in [3.8, 4) is 0 Å². The van der Waals surface area contributed by atoms with Gasteiger partial charge in [0, 0.05) is 19.3 Å². The van der Waals surface area contributed by atoms with E-state index in [9.17, 15) is 14.4 Å². The SMILES string of the molecule is CC/C=C\C/C=C\C/C=C\C/C=C\C/C=C\C/C=C\C/C=C\CCCCCCCCCC(=O)OCC(COC(=O)CCCCCCCCCCC)OC(=O)CCCCCCCCCCCCCCCCCCCCC. The van der Waals surface area contributed by atoms with Gasteiger partial charge in [-0.2, -0.15) is 0 Å². The fraction of sp³-hybridized carbons (Fsp3) is 0.754. The van der Waals surface area contributed by atoms with E-state index in [0.29, 0.717) is 19.3 Å². The zero-order valence-corrected chi connectivity index (χ0v) is 49.6. The van der Waals surface area contributed by atoms with E-state index in [2.05, 4.69) is 106 Å². The van der Waals surface area contributed by atoms with Crippen molar-refractivity contribution in [1.29, 1.82) is 0 Å². The van der Waals surface area contributed by atoms with Crippen molar-refractivity contribution in [2.75, 3.05) is 13.2 Å². The van der Waals surface area contributed by atoms with Crippen LogP contribution in [0.1, 0.15) is 316 Å². The third kappa shape index (κ3) is 61.3. The molecule has 0 saturated heterocycles. The van der Waals surface area contributed by atoms with Gasteiger partial charge in [-0.3, -0.25) is 14.4 Å². The fourth-order valence-corrected chi connectivity index (χ4v) is 9.13. The predicted molar refractivity (Wildman–Crippen MR) is 325 cm³/mol. The Hall–Kier alpha value is -3.41. The van der Waals surface area contributed by atoms with Crippen LogP contribution in [-0.4, -0.2) is 37.2 Å². The second-order valence-electron chi connectivity index (χ2n) is 21.3. The van der Waals surface area contributed by atoms with Gasteiger partial charge in [0.25, 0.3) is 0 Å². The minimum Gasteiger partial charge on any atom is -0.462 e. The first-order valence-electron chi connectivity index (χ1n) is 32.1. The summed E-state index contributed by atoms with van der Waals surface area (Å²) in [6.07, 6.45) is 83.1. The molecular formula is C69H120O6. The average Bonchev–Trinajstić information content (AvgIpc) is 3.41. The second-order valence-corrected chi connectivity index (χ2v) is 21.3. The lowest BCUT2D eigenvalue weighted by Crippen LogP contribution is -2.30. The summed E-state index contributed by atoms with van der Waals surface area (Å²) in [5, 5.41) is 0. The van der Waals surface area contributed by atoms with Gasteiger partial charge >= 0.3 is 17.9 Å². The molecule has 6 heteroatoms. The Bertz CT molecular complexity index is 1430. The van der Waals surface area contributed by atoms with E-state index in [-0.39, 0.29) is 31.1 Å². The van der Waals surface area contributed by atoms with E-state index in [1.165, 1.54) is 167 Å². The maximum absolute atomic E-state index is 12.9. The van der Waals surface area contributed by atoms with Crippen LogP contribution < -0.4 is 0 Å². The van der Waals surface area contributed by atoms with Crippen LogP contribution in [-0.2, 0) is 28.6 Å². The number of hydrogen-bond donors (Lipinski definition) is 0. The number of ether oxygens (including phenoxy) is 3. The molecular weight excluding hydrogens is 925 g/mol. The predicted octanol–water partition coefficient (Wildman–Crippen LogP) is 21.9. The smallest absolute Gasteiger partial charge is 0.306 e. The third-order valence-electron chi connectivity index (χ3n) is 13.9. The molecule has 432 valence electrons. The molecule has 0 aromatic carbocycles. The Labute approximate surface area is 465 Å². The molecule has 0 aromatic heterocycles. The summed E-state index contributed by atoms with van der Waals surface area (Å²) in [4.78, 5) is 38.2. The molecule has 0 aromatic rings. The summed E-state index contributed by atoms with van der Waals surface area (Å²) >= 11 is 0. The van der Waals surface area contributed by atoms with E-state index < -0.39 is 6.10 Å². The molecule has 0 amide bonds. The van der Waals surface area contributed by atoms with Crippen molar-refractivity contribution >= 4 is 17.9 Å². The number of unbranched alkanes of at least 4 members (excludes halogenated alkanes) is 33. The Morgan fingerprint density at radius 2 is 0.520 bits per heavy atom. The zero-order valence-electron chi connectivity index (χ0n) is 49.6. The lowest BCUT2D eigenvalue weighted by molar-refractivity contribution is -0.167. The molecule has 1 unspecified atom stereocenters. The summed E-state index contributed by atoms with van der Waals surface area (Å²) in [5.41, 5.74) is 0. The average molecular weight is 1050 g/mol. The van der Waals surface area contributed by atoms with Gasteiger partial charge in [0.15, 0.2) is 6.10 Å². The Kier molecular flexibility index (Phi) is 60.3. The van der Waals surface area contributed by atoms with Gasteiger partial charge in [0.2, 0.25) is 0 Å². The number of rotatable bonds is 58. The summed E-state index contributed by atoms with van der Waals surface area (Å²) in [6, 6.07) is 0. The van der Waals surface area contributed by atoms with Crippen molar-refractivity contribution in [3.05, 3.63) is 85.1 Å². The zero-order chi connectivity index (χ0) is 54.3. The third-order valence-corrected chi connectivity index (χ3v) is 13.9. The largest absolute Gasteiger partial charge is 0.462 e. The summed E-state index contributed by atoms with van der Waals surface area (Å²) in [5.74, 6) is -0.876. The molecule has 0 heterocycles. The monoisotopic (exact) mass is 1040 g/mol. The van der Waals surface area contributed by atoms with Crippen molar-refractivity contribution in [1.82, 2.24) is 0 Å². The topological polar surface area (TPSA) is 78.9 Å². The molecule has 6 nitrogen and oxygen atoms in total. The van der Waals surface area contributed by atoms with E-state index in [1.807, 2.05) is 0 Å². The molecule has 0 bridgehead atoms. The molecule has 0 radical (unpaired) electrons. The van der Waals surface area contributed by atoms with Crippen LogP contribution in [0, 0.1) is 0 Å². The first-order chi connectivity index (χ1) is 37.0. The number of carbonyl (C=O) groups is 3. The molecule has 0 saturated carbocycles. The van der Waals surface area contributed by atoms with E-state index in [1.54, 1.807) is 0 Å². The van der Waals surface area contributed by atoms with Crippen LogP contribution in [0.25, 0.3) is 0 Å². The van der Waals surface area contributed by atoms with Gasteiger partial charge in [-0.05, 0) is 77.0 Å². The van der Waals surface area contributed by atoms with Crippen LogP contribution in [0.3, 0.4) is 0 Å². The highest BCUT2D eigenvalue weighted by Gasteiger charge is 2.19. The molecule has 0 aliphatic carbocycles. The van der Waals surface area contributed by atoms with Crippen LogP contribution in [0.15, 0.2) is 85.1 Å². The van der Waals surface area contributed by atoms with Gasteiger partial charge in [-0.15, -0.1) is 0 Å². The Balaban J connectivity index is 4.22. The molecule has 0 rings (SSSR count). The van der Waals surface area contributed by atoms with Crippen molar-refractivity contribution < 1.29 is 28.6 Å². The number of esters is 3. The van der Waals surface area contributed by atoms with Crippen LogP contribution in [0.4, 0.5) is 0 Å². The number of hydrogen-bond acceptors (Lipinski definition) is 6. The minimum atomic E-state index is -0.777. The van der Waals surface area contributed by atoms with Crippen LogP contribution in [0.5, 0.6) is 0 Å². The van der Waals surface area contributed by atoms with E-state index in [4.69, 9.17) is 14.2 Å². The standard InChI is InChI=1S/C69H120O6/c1-4-7-10-13-16-19-21-23-25-27-29-30-31-32-33-34-35-36-37-38-40-41-43-45-47-50-53-56-59-62-68(71)74-65-66(64-73-67(70)61-58-55-52-49-18-15-12-9-6-3)75-69(72)63-60-57-54-51-48-46-44-42-39-28-26-24-22-20-17-14-11-8-5-2/h7,10,16,19,23,25,29-30,32-33,35-36,38,40,66H,4-6,8-9,11-15,17-18,20-22,24,26-28,31,34,37,39,41-65H2,1-3H3/b10-7-,19-16-,25-23-,30-29-,33-32-,36-35-,40-38-. The van der Waals surface area contributed by atoms with Crippen LogP contribution >= 0.6 is 0 Å². The van der Waals surface area contributed by atoms with Crippen molar-refractivity contribution in [3.63, 3.8) is 0 Å². The molecule has 0 N–H and O–H groups in total. The normalized spacial score (nSPS) is 12.6. The minimum absolute atomic E-state index is 0.0757. The van der Waals surface area contributed by atoms with Gasteiger partial charge in [-0.25, -0.2) is 0 Å². The Morgan fingerprint density at radius 1 is 0.280 bits per heavy atom. The summed E-state index contributed by atoms with van der Waals surface area (Å²) in [7, 11) is 0. The second kappa shape index (κ2) is 63.1. The van der Waals surface area contributed by atoms with Crippen LogP contribution in [0.2, 0.25) is 0 Å². The highest BCUT2D eigenvalue weighted by atomic mass is 16.6. The first kappa shape index (κ1) is 71.6. The molecule has 75 heavy (non-hydrogen) atoms. The van der Waals surface area contributed by atoms with E-state index >= 15 is 0 Å². The summed E-state index contributed by atoms with van der Waals surface area (Å²) in [6.45, 7) is 6.53.